The fourth-order valence-corrected chi connectivity index (χ4v) is 5.68. The first-order chi connectivity index (χ1) is 21.6. The summed E-state index contributed by atoms with van der Waals surface area (Å²) in [5.41, 5.74) is 1.82. The molecule has 1 aliphatic rings. The molecule has 0 bridgehead atoms. The minimum absolute atomic E-state index is 0.162. The van der Waals surface area contributed by atoms with Crippen molar-refractivity contribution >= 4 is 63.2 Å². The number of hydrogen-bond acceptors (Lipinski definition) is 10. The number of aromatic nitrogens is 5. The topological polar surface area (TPSA) is 118 Å². The van der Waals surface area contributed by atoms with Gasteiger partial charge in [-0.2, -0.15) is 9.78 Å². The summed E-state index contributed by atoms with van der Waals surface area (Å²) in [7, 11) is 0. The summed E-state index contributed by atoms with van der Waals surface area (Å²) >= 11 is 1.51. The van der Waals surface area contributed by atoms with Gasteiger partial charge in [0.1, 0.15) is 23.1 Å². The van der Waals surface area contributed by atoms with Gasteiger partial charge in [-0.05, 0) is 63.6 Å². The summed E-state index contributed by atoms with van der Waals surface area (Å²) in [5, 5.41) is 9.24. The SMILES string of the molecule is Cc1nc(Nc2ncc(C=Cc3ccc4c(cnn4C(=O)c4ccccc4)c3)s2)cc(N2CCN(C(=O)OC(C)(C)C)CC2)n1. The standard InChI is InChI=1S/C33H34N8O3S/c1-22-36-28(19-29(37-22)39-14-16-40(17-15-39)32(43)44-33(2,3)4)38-31-34-21-26(45-31)12-10-23-11-13-27-25(18-23)20-35-41(27)30(42)24-8-6-5-7-9-24/h5-13,18-21H,14-17H2,1-4H3,(H,34,36,37,38). The summed E-state index contributed by atoms with van der Waals surface area (Å²) in [5.74, 6) is 1.94. The molecule has 0 saturated carbocycles. The van der Waals surface area contributed by atoms with Crippen LogP contribution in [0.15, 0.2) is 67.0 Å². The highest BCUT2D eigenvalue weighted by Crippen LogP contribution is 2.26. The number of fused-ring (bicyclic) bond motifs is 1. The molecule has 1 fully saturated rings. The van der Waals surface area contributed by atoms with Crippen LogP contribution in [-0.2, 0) is 4.74 Å². The fraction of sp³-hybridized carbons (Fsp3) is 0.273. The number of carbonyl (C=O) groups is 2. The molecular weight excluding hydrogens is 588 g/mol. The third kappa shape index (κ3) is 7.18. The Labute approximate surface area is 265 Å². The Morgan fingerprint density at radius 1 is 0.956 bits per heavy atom. The number of ether oxygens (including phenoxy) is 1. The zero-order valence-corrected chi connectivity index (χ0v) is 26.4. The van der Waals surface area contributed by atoms with Gasteiger partial charge in [0.15, 0.2) is 5.13 Å². The zero-order valence-electron chi connectivity index (χ0n) is 25.6. The molecule has 1 amide bonds. The first-order valence-corrected chi connectivity index (χ1v) is 15.5. The normalized spacial score (nSPS) is 13.9. The summed E-state index contributed by atoms with van der Waals surface area (Å²) in [6.07, 6.45) is 7.25. The fourth-order valence-electron chi connectivity index (χ4n) is 4.95. The molecule has 0 radical (unpaired) electrons. The first-order valence-electron chi connectivity index (χ1n) is 14.7. The van der Waals surface area contributed by atoms with E-state index in [9.17, 15) is 9.59 Å². The molecule has 12 heteroatoms. The predicted molar refractivity (Wildman–Crippen MR) is 177 cm³/mol. The van der Waals surface area contributed by atoms with Crippen LogP contribution in [0.25, 0.3) is 23.1 Å². The number of anilines is 3. The van der Waals surface area contributed by atoms with Crippen LogP contribution in [0.4, 0.5) is 21.6 Å². The Morgan fingerprint density at radius 2 is 1.73 bits per heavy atom. The average molecular weight is 623 g/mol. The Hall–Kier alpha value is -5.10. The van der Waals surface area contributed by atoms with Crippen molar-refractivity contribution in [2.75, 3.05) is 36.4 Å². The van der Waals surface area contributed by atoms with Crippen LogP contribution >= 0.6 is 11.3 Å². The molecule has 3 aromatic heterocycles. The van der Waals surface area contributed by atoms with Gasteiger partial charge in [0.25, 0.3) is 5.91 Å². The van der Waals surface area contributed by atoms with Crippen LogP contribution in [0.2, 0.25) is 0 Å². The number of aryl methyl sites for hydroxylation is 1. The zero-order chi connectivity index (χ0) is 31.6. The molecule has 45 heavy (non-hydrogen) atoms. The molecule has 1 N–H and O–H groups in total. The second-order valence-corrected chi connectivity index (χ2v) is 12.7. The molecule has 2 aromatic carbocycles. The number of nitrogens with one attached hydrogen (secondary N) is 1. The molecule has 230 valence electrons. The molecule has 1 saturated heterocycles. The monoisotopic (exact) mass is 622 g/mol. The molecule has 11 nitrogen and oxygen atoms in total. The molecule has 1 aliphatic heterocycles. The van der Waals surface area contributed by atoms with Crippen molar-refractivity contribution in [2.24, 2.45) is 0 Å². The summed E-state index contributed by atoms with van der Waals surface area (Å²) < 4.78 is 6.95. The maximum atomic E-state index is 12.9. The van der Waals surface area contributed by atoms with E-state index >= 15 is 0 Å². The van der Waals surface area contributed by atoms with E-state index in [1.165, 1.54) is 16.0 Å². The maximum Gasteiger partial charge on any atom is 0.410 e. The first kappa shape index (κ1) is 29.9. The van der Waals surface area contributed by atoms with Gasteiger partial charge >= 0.3 is 6.09 Å². The summed E-state index contributed by atoms with van der Waals surface area (Å²) in [6, 6.07) is 16.9. The Bertz CT molecular complexity index is 1870. The van der Waals surface area contributed by atoms with E-state index in [0.717, 1.165) is 27.2 Å². The highest BCUT2D eigenvalue weighted by molar-refractivity contribution is 7.16. The largest absolute Gasteiger partial charge is 0.444 e. The summed E-state index contributed by atoms with van der Waals surface area (Å²) in [4.78, 5) is 43.9. The maximum absolute atomic E-state index is 12.9. The Morgan fingerprint density at radius 3 is 2.49 bits per heavy atom. The highest BCUT2D eigenvalue weighted by Gasteiger charge is 2.26. The molecular formula is C33H34N8O3S. The van der Waals surface area contributed by atoms with Crippen molar-refractivity contribution in [2.45, 2.75) is 33.3 Å². The second-order valence-electron chi connectivity index (χ2n) is 11.7. The van der Waals surface area contributed by atoms with Gasteiger partial charge in [0, 0.05) is 54.3 Å². The number of carbonyl (C=O) groups excluding carboxylic acids is 2. The molecule has 0 spiro atoms. The molecule has 0 unspecified atom stereocenters. The lowest BCUT2D eigenvalue weighted by Gasteiger charge is -2.36. The van der Waals surface area contributed by atoms with Crippen LogP contribution in [0.1, 0.15) is 47.4 Å². The van der Waals surface area contributed by atoms with Gasteiger partial charge in [0.2, 0.25) is 0 Å². The number of amides is 1. The molecule has 5 aromatic rings. The molecule has 0 aliphatic carbocycles. The Balaban J connectivity index is 1.09. The minimum Gasteiger partial charge on any atom is -0.444 e. The lowest BCUT2D eigenvalue weighted by atomic mass is 10.1. The van der Waals surface area contributed by atoms with Crippen molar-refractivity contribution < 1.29 is 14.3 Å². The summed E-state index contributed by atoms with van der Waals surface area (Å²) in [6.45, 7) is 9.89. The van der Waals surface area contributed by atoms with Crippen LogP contribution in [-0.4, -0.2) is 73.4 Å². The highest BCUT2D eigenvalue weighted by atomic mass is 32.1. The van der Waals surface area contributed by atoms with E-state index in [0.29, 0.717) is 48.5 Å². The number of benzene rings is 2. The number of hydrogen-bond donors (Lipinski definition) is 1. The predicted octanol–water partition coefficient (Wildman–Crippen LogP) is 6.25. The van der Waals surface area contributed by atoms with E-state index < -0.39 is 5.60 Å². The molecule has 6 rings (SSSR count). The van der Waals surface area contributed by atoms with E-state index in [4.69, 9.17) is 4.74 Å². The minimum atomic E-state index is -0.519. The van der Waals surface area contributed by atoms with Gasteiger partial charge in [0.05, 0.1) is 11.7 Å². The Kier molecular flexibility index (Phi) is 8.31. The van der Waals surface area contributed by atoms with Crippen LogP contribution in [0, 0.1) is 6.92 Å². The lowest BCUT2D eigenvalue weighted by Crippen LogP contribution is -2.50. The van der Waals surface area contributed by atoms with E-state index in [-0.39, 0.29) is 12.0 Å². The number of rotatable bonds is 6. The van der Waals surface area contributed by atoms with Crippen LogP contribution in [0.3, 0.4) is 0 Å². The number of piperazine rings is 1. The van der Waals surface area contributed by atoms with Gasteiger partial charge in [-0.25, -0.2) is 19.7 Å². The van der Waals surface area contributed by atoms with Crippen LogP contribution < -0.4 is 10.2 Å². The second kappa shape index (κ2) is 12.5. The quantitative estimate of drug-likeness (QED) is 0.234. The van der Waals surface area contributed by atoms with Gasteiger partial charge in [-0.1, -0.05) is 41.7 Å². The third-order valence-corrected chi connectivity index (χ3v) is 7.96. The van der Waals surface area contributed by atoms with E-state index in [2.05, 4.69) is 30.3 Å². The van der Waals surface area contributed by atoms with Gasteiger partial charge in [-0.3, -0.25) is 4.79 Å². The molecule has 0 atom stereocenters. The van der Waals surface area contributed by atoms with Crippen molar-refractivity contribution in [3.8, 4) is 0 Å². The van der Waals surface area contributed by atoms with Crippen LogP contribution in [0.5, 0.6) is 0 Å². The van der Waals surface area contributed by atoms with Crippen molar-refractivity contribution in [3.63, 3.8) is 0 Å². The van der Waals surface area contributed by atoms with E-state index in [1.54, 1.807) is 23.2 Å². The number of thiazole rings is 1. The van der Waals surface area contributed by atoms with Gasteiger partial charge < -0.3 is 19.9 Å². The van der Waals surface area contributed by atoms with Crippen molar-refractivity contribution in [1.82, 2.24) is 29.6 Å². The average Bonchev–Trinajstić information content (AvgIpc) is 3.65. The van der Waals surface area contributed by atoms with Gasteiger partial charge in [-0.15, -0.1) is 0 Å². The third-order valence-electron chi connectivity index (χ3n) is 7.08. The number of nitrogens with zero attached hydrogens (tertiary/aromatic N) is 7. The van der Waals surface area contributed by atoms with E-state index in [1.807, 2.05) is 88.5 Å². The van der Waals surface area contributed by atoms with Crippen molar-refractivity contribution in [1.29, 1.82) is 0 Å². The smallest absolute Gasteiger partial charge is 0.410 e. The molecule has 4 heterocycles. The van der Waals surface area contributed by atoms with Crippen molar-refractivity contribution in [3.05, 3.63) is 88.8 Å². The lowest BCUT2D eigenvalue weighted by molar-refractivity contribution is 0.0240.